The van der Waals surface area contributed by atoms with Gasteiger partial charge in [-0.3, -0.25) is 19.7 Å². The number of anilines is 2. The molecule has 2 rings (SSSR count). The van der Waals surface area contributed by atoms with Crippen molar-refractivity contribution in [2.24, 2.45) is 0 Å². The zero-order valence-corrected chi connectivity index (χ0v) is 13.7. The summed E-state index contributed by atoms with van der Waals surface area (Å²) in [5, 5.41) is 16.0. The fraction of sp³-hybridized carbons (Fsp3) is 0.176. The molecule has 2 amide bonds. The highest BCUT2D eigenvalue weighted by atomic mass is 16.6. The Hall–Kier alpha value is -3.42. The second-order valence-corrected chi connectivity index (χ2v) is 5.30. The zero-order valence-electron chi connectivity index (χ0n) is 13.7. The number of nitrogens with one attached hydrogen (secondary N) is 2. The minimum atomic E-state index is -0.478. The van der Waals surface area contributed by atoms with Crippen LogP contribution in [-0.4, -0.2) is 23.3 Å². The summed E-state index contributed by atoms with van der Waals surface area (Å²) in [5.74, 6) is -0.235. The van der Waals surface area contributed by atoms with E-state index < -0.39 is 10.8 Å². The Balaban J connectivity index is 1.94. The van der Waals surface area contributed by atoms with Crippen LogP contribution in [-0.2, 0) is 9.59 Å². The number of rotatable bonds is 6. The van der Waals surface area contributed by atoms with Crippen LogP contribution < -0.4 is 15.4 Å². The number of nitro groups is 1. The molecule has 2 aromatic carbocycles. The number of nitro benzene ring substituents is 1. The molecule has 0 aliphatic heterocycles. The summed E-state index contributed by atoms with van der Waals surface area (Å²) in [4.78, 5) is 33.3. The van der Waals surface area contributed by atoms with Gasteiger partial charge in [0.25, 0.3) is 11.6 Å². The lowest BCUT2D eigenvalue weighted by Crippen LogP contribution is -2.20. The summed E-state index contributed by atoms with van der Waals surface area (Å²) in [6.07, 6.45) is 0. The van der Waals surface area contributed by atoms with Gasteiger partial charge in [0, 0.05) is 29.9 Å². The molecule has 2 N–H and O–H groups in total. The van der Waals surface area contributed by atoms with E-state index in [4.69, 9.17) is 4.74 Å². The summed E-state index contributed by atoms with van der Waals surface area (Å²) in [7, 11) is 0. The van der Waals surface area contributed by atoms with Crippen LogP contribution in [0.1, 0.15) is 12.5 Å². The van der Waals surface area contributed by atoms with Gasteiger partial charge in [0.15, 0.2) is 6.61 Å². The van der Waals surface area contributed by atoms with E-state index >= 15 is 0 Å². The highest BCUT2D eigenvalue weighted by Crippen LogP contribution is 2.23. The lowest BCUT2D eigenvalue weighted by Gasteiger charge is -2.09. The second-order valence-electron chi connectivity index (χ2n) is 5.30. The molecule has 8 heteroatoms. The normalized spacial score (nSPS) is 10.0. The maximum atomic E-state index is 11.9. The maximum absolute atomic E-state index is 11.9. The molecule has 0 unspecified atom stereocenters. The third-order valence-electron chi connectivity index (χ3n) is 3.20. The Labute approximate surface area is 144 Å². The van der Waals surface area contributed by atoms with E-state index in [1.54, 1.807) is 31.2 Å². The first-order valence-electron chi connectivity index (χ1n) is 7.40. The van der Waals surface area contributed by atoms with Gasteiger partial charge in [-0.15, -0.1) is 0 Å². The molecule has 0 fully saturated rings. The van der Waals surface area contributed by atoms with Crippen LogP contribution in [0.2, 0.25) is 0 Å². The fourth-order valence-electron chi connectivity index (χ4n) is 2.15. The standard InChI is InChI=1S/C17H17N3O5/c1-11-8-15(6-7-16(11)20(23)24)25-10-17(22)19-14-5-3-4-13(9-14)18-12(2)21/h3-9H,10H2,1-2H3,(H,18,21)(H,19,22). The molecule has 0 atom stereocenters. The first-order valence-corrected chi connectivity index (χ1v) is 7.40. The van der Waals surface area contributed by atoms with Gasteiger partial charge in [0.1, 0.15) is 5.75 Å². The topological polar surface area (TPSA) is 111 Å². The van der Waals surface area contributed by atoms with Crippen molar-refractivity contribution in [3.05, 3.63) is 58.1 Å². The fourth-order valence-corrected chi connectivity index (χ4v) is 2.15. The molecule has 0 aromatic heterocycles. The van der Waals surface area contributed by atoms with Gasteiger partial charge < -0.3 is 15.4 Å². The van der Waals surface area contributed by atoms with Gasteiger partial charge in [-0.2, -0.15) is 0 Å². The largest absolute Gasteiger partial charge is 0.484 e. The summed E-state index contributed by atoms with van der Waals surface area (Å²) in [6, 6.07) is 11.0. The number of hydrogen-bond acceptors (Lipinski definition) is 5. The third-order valence-corrected chi connectivity index (χ3v) is 3.20. The van der Waals surface area contributed by atoms with E-state index in [-0.39, 0.29) is 18.2 Å². The first-order chi connectivity index (χ1) is 11.8. The molecular weight excluding hydrogens is 326 g/mol. The molecule has 130 valence electrons. The molecule has 0 aliphatic carbocycles. The van der Waals surface area contributed by atoms with Crippen molar-refractivity contribution in [1.29, 1.82) is 0 Å². The predicted octanol–water partition coefficient (Wildman–Crippen LogP) is 2.88. The number of aryl methyl sites for hydroxylation is 1. The van der Waals surface area contributed by atoms with Gasteiger partial charge in [-0.1, -0.05) is 6.07 Å². The Morgan fingerprint density at radius 3 is 2.40 bits per heavy atom. The van der Waals surface area contributed by atoms with Gasteiger partial charge in [-0.05, 0) is 37.3 Å². The minimum Gasteiger partial charge on any atom is -0.484 e. The van der Waals surface area contributed by atoms with Crippen molar-refractivity contribution >= 4 is 28.9 Å². The third kappa shape index (κ3) is 5.31. The molecule has 2 aromatic rings. The lowest BCUT2D eigenvalue weighted by atomic mass is 10.2. The van der Waals surface area contributed by atoms with Crippen molar-refractivity contribution in [3.8, 4) is 5.75 Å². The van der Waals surface area contributed by atoms with Crippen molar-refractivity contribution in [2.75, 3.05) is 17.2 Å². The van der Waals surface area contributed by atoms with Crippen LogP contribution >= 0.6 is 0 Å². The van der Waals surface area contributed by atoms with E-state index in [9.17, 15) is 19.7 Å². The van der Waals surface area contributed by atoms with Crippen LogP contribution in [0.5, 0.6) is 5.75 Å². The summed E-state index contributed by atoms with van der Waals surface area (Å²) < 4.78 is 5.35. The van der Waals surface area contributed by atoms with Crippen molar-refractivity contribution in [1.82, 2.24) is 0 Å². The summed E-state index contributed by atoms with van der Waals surface area (Å²) in [5.41, 5.74) is 1.52. The molecule has 8 nitrogen and oxygen atoms in total. The highest BCUT2D eigenvalue weighted by Gasteiger charge is 2.11. The number of nitrogens with zero attached hydrogens (tertiary/aromatic N) is 1. The van der Waals surface area contributed by atoms with Crippen LogP contribution in [0.3, 0.4) is 0 Å². The summed E-state index contributed by atoms with van der Waals surface area (Å²) >= 11 is 0. The molecule has 0 saturated carbocycles. The average Bonchev–Trinajstić information content (AvgIpc) is 2.52. The van der Waals surface area contributed by atoms with E-state index in [1.807, 2.05) is 0 Å². The van der Waals surface area contributed by atoms with E-state index in [0.717, 1.165) is 0 Å². The number of hydrogen-bond donors (Lipinski definition) is 2. The lowest BCUT2D eigenvalue weighted by molar-refractivity contribution is -0.385. The second kappa shape index (κ2) is 7.91. The molecule has 0 aliphatic rings. The van der Waals surface area contributed by atoms with Crippen LogP contribution in [0.4, 0.5) is 17.1 Å². The summed E-state index contributed by atoms with van der Waals surface area (Å²) in [6.45, 7) is 2.74. The number of carbonyl (C=O) groups excluding carboxylic acids is 2. The van der Waals surface area contributed by atoms with Crippen LogP contribution in [0, 0.1) is 17.0 Å². The predicted molar refractivity (Wildman–Crippen MR) is 92.7 cm³/mol. The molecule has 0 saturated heterocycles. The Bertz CT molecular complexity index is 820. The molecule has 25 heavy (non-hydrogen) atoms. The Kier molecular flexibility index (Phi) is 5.67. The molecule has 0 radical (unpaired) electrons. The first kappa shape index (κ1) is 17.9. The molecule has 0 spiro atoms. The highest BCUT2D eigenvalue weighted by molar-refractivity contribution is 5.94. The van der Waals surface area contributed by atoms with Crippen molar-refractivity contribution in [2.45, 2.75) is 13.8 Å². The SMILES string of the molecule is CC(=O)Nc1cccc(NC(=O)COc2ccc([N+](=O)[O-])c(C)c2)c1. The van der Waals surface area contributed by atoms with Gasteiger partial charge >= 0.3 is 0 Å². The number of amides is 2. The van der Waals surface area contributed by atoms with E-state index in [2.05, 4.69) is 10.6 Å². The number of ether oxygens (including phenoxy) is 1. The minimum absolute atomic E-state index is 0.00779. The quantitative estimate of drug-likeness (QED) is 0.619. The van der Waals surface area contributed by atoms with Crippen LogP contribution in [0.25, 0.3) is 0 Å². The molecular formula is C17H17N3O5. The average molecular weight is 343 g/mol. The molecule has 0 heterocycles. The smallest absolute Gasteiger partial charge is 0.272 e. The van der Waals surface area contributed by atoms with Gasteiger partial charge in [0.05, 0.1) is 4.92 Å². The molecule has 0 bridgehead atoms. The van der Waals surface area contributed by atoms with Gasteiger partial charge in [-0.25, -0.2) is 0 Å². The van der Waals surface area contributed by atoms with Crippen LogP contribution in [0.15, 0.2) is 42.5 Å². The number of benzene rings is 2. The van der Waals surface area contributed by atoms with Crippen molar-refractivity contribution < 1.29 is 19.2 Å². The zero-order chi connectivity index (χ0) is 18.4. The Morgan fingerprint density at radius 2 is 1.80 bits per heavy atom. The van der Waals surface area contributed by atoms with Gasteiger partial charge in [0.2, 0.25) is 5.91 Å². The number of carbonyl (C=O) groups is 2. The monoisotopic (exact) mass is 343 g/mol. The van der Waals surface area contributed by atoms with Crippen molar-refractivity contribution in [3.63, 3.8) is 0 Å². The van der Waals surface area contributed by atoms with E-state index in [1.165, 1.54) is 25.1 Å². The Morgan fingerprint density at radius 1 is 1.12 bits per heavy atom. The maximum Gasteiger partial charge on any atom is 0.272 e. The van der Waals surface area contributed by atoms with E-state index in [0.29, 0.717) is 22.7 Å².